The van der Waals surface area contributed by atoms with Gasteiger partial charge in [0.15, 0.2) is 0 Å². The Balaban J connectivity index is 0.000000119. The van der Waals surface area contributed by atoms with Crippen LogP contribution in [0.4, 0.5) is 0 Å². The summed E-state index contributed by atoms with van der Waals surface area (Å²) in [7, 11) is 0. The van der Waals surface area contributed by atoms with E-state index >= 15 is 0 Å². The van der Waals surface area contributed by atoms with Gasteiger partial charge in [-0.3, -0.25) is 0 Å². The fourth-order valence-corrected chi connectivity index (χ4v) is 14.7. The van der Waals surface area contributed by atoms with Gasteiger partial charge in [-0.1, -0.05) is 218 Å². The van der Waals surface area contributed by atoms with E-state index in [9.17, 15) is 0 Å². The highest BCUT2D eigenvalue weighted by atomic mass is 16.6. The van der Waals surface area contributed by atoms with Crippen LogP contribution in [0.1, 0.15) is 91.2 Å². The molecule has 308 valence electrons. The lowest BCUT2D eigenvalue weighted by atomic mass is 9.55. The maximum atomic E-state index is 7.49. The quantitative estimate of drug-likeness (QED) is 0.177. The molecule has 0 saturated carbocycles. The lowest BCUT2D eigenvalue weighted by Gasteiger charge is -2.41. The monoisotopic (exact) mass is 828 g/mol. The highest BCUT2D eigenvalue weighted by molar-refractivity contribution is 5.63. The number of ether oxygens (including phenoxy) is 4. The van der Waals surface area contributed by atoms with Gasteiger partial charge in [-0.25, -0.2) is 0 Å². The highest BCUT2D eigenvalue weighted by Crippen LogP contribution is 2.80. The highest BCUT2D eigenvalue weighted by Gasteiger charge is 2.80. The minimum atomic E-state index is -0.523. The van der Waals surface area contributed by atoms with Gasteiger partial charge in [0, 0.05) is 23.7 Å². The Hall–Kier alpha value is -6.40. The SMILES string of the molecule is c1ccc([C@]23O[C@](c4ccccc4)(c4ccccc42)[C@H]2[C@@H]3[C@H]3O[C@@H]2c2ccccc23)cc1.c1ccc([C@]23O[C@](c4ccccc4)(c4ccccc42)[C@H]2[C@@H]3[C@H]3O[C@@H]2c2ccccc23)cc1. The van der Waals surface area contributed by atoms with Crippen LogP contribution < -0.4 is 0 Å². The van der Waals surface area contributed by atoms with E-state index in [2.05, 4.69) is 218 Å². The molecular formula is C60H44O4. The Kier molecular flexibility index (Phi) is 7.12. The predicted molar refractivity (Wildman–Crippen MR) is 244 cm³/mol. The summed E-state index contributed by atoms with van der Waals surface area (Å²) >= 11 is 0. The summed E-state index contributed by atoms with van der Waals surface area (Å²) in [5.74, 6) is 0.889. The standard InChI is InChI=1S/2C30H22O2/c2*1-3-11-19(12-4-1)29-23-17-9-10-18-24(23)30(32-29,20-13-5-2-6-14-20)26-25(29)27-21-15-7-8-16-22(21)28(26)31-27/h2*1-18,25-28H/t2*25-,26+,27+,28-,29+,30-. The van der Waals surface area contributed by atoms with Crippen LogP contribution in [0.25, 0.3) is 0 Å². The fourth-order valence-electron chi connectivity index (χ4n) is 14.7. The van der Waals surface area contributed by atoms with Gasteiger partial charge in [0.05, 0.1) is 24.4 Å². The van der Waals surface area contributed by atoms with Gasteiger partial charge in [-0.05, 0) is 66.8 Å². The van der Waals surface area contributed by atoms with Gasteiger partial charge in [-0.15, -0.1) is 0 Å². The van der Waals surface area contributed by atoms with Crippen molar-refractivity contribution >= 4 is 0 Å². The molecule has 4 fully saturated rings. The van der Waals surface area contributed by atoms with Gasteiger partial charge in [0.1, 0.15) is 22.4 Å². The van der Waals surface area contributed by atoms with Crippen LogP contribution >= 0.6 is 0 Å². The third kappa shape index (κ3) is 4.08. The first kappa shape index (κ1) is 36.0. The first-order valence-electron chi connectivity index (χ1n) is 23.0. The largest absolute Gasteiger partial charge is 0.365 e. The minimum Gasteiger partial charge on any atom is -0.365 e. The molecule has 0 N–H and O–H groups in total. The normalized spacial score (nSPS) is 34.9. The van der Waals surface area contributed by atoms with E-state index in [1.807, 2.05) is 0 Å². The van der Waals surface area contributed by atoms with Gasteiger partial charge >= 0.3 is 0 Å². The van der Waals surface area contributed by atoms with Crippen molar-refractivity contribution in [1.29, 1.82) is 0 Å². The summed E-state index contributed by atoms with van der Waals surface area (Å²) in [5, 5.41) is 0. The molecule has 0 spiro atoms. The molecule has 64 heavy (non-hydrogen) atoms. The van der Waals surface area contributed by atoms with Crippen LogP contribution in [-0.2, 0) is 41.4 Å². The fraction of sp³-hybridized carbons (Fsp3) is 0.200. The maximum Gasteiger partial charge on any atom is 0.126 e. The molecule has 8 aliphatic heterocycles. The molecular weight excluding hydrogens is 785 g/mol. The summed E-state index contributed by atoms with van der Waals surface area (Å²) in [5.41, 5.74) is 13.4. The van der Waals surface area contributed by atoms with Crippen molar-refractivity contribution < 1.29 is 18.9 Å². The number of hydrogen-bond acceptors (Lipinski definition) is 4. The van der Waals surface area contributed by atoms with Crippen molar-refractivity contribution in [2.45, 2.75) is 46.8 Å². The number of benzene rings is 8. The summed E-state index contributed by atoms with van der Waals surface area (Å²) < 4.78 is 28.6. The Morgan fingerprint density at radius 2 is 0.438 bits per heavy atom. The molecule has 8 aliphatic rings. The van der Waals surface area contributed by atoms with E-state index in [4.69, 9.17) is 18.9 Å². The van der Waals surface area contributed by atoms with E-state index in [1.165, 1.54) is 66.8 Å². The number of fused-ring (bicyclic) bond motifs is 30. The van der Waals surface area contributed by atoms with Crippen LogP contribution in [0.15, 0.2) is 218 Å². The van der Waals surface area contributed by atoms with Crippen LogP contribution in [0.3, 0.4) is 0 Å². The van der Waals surface area contributed by atoms with Crippen LogP contribution in [-0.4, -0.2) is 0 Å². The average Bonchev–Trinajstić information content (AvgIpc) is 4.27. The maximum absolute atomic E-state index is 7.49. The second-order valence-corrected chi connectivity index (χ2v) is 19.0. The van der Waals surface area contributed by atoms with Crippen molar-refractivity contribution in [2.24, 2.45) is 23.7 Å². The van der Waals surface area contributed by atoms with E-state index in [1.54, 1.807) is 0 Å². The third-order valence-electron chi connectivity index (χ3n) is 16.7. The molecule has 8 bridgehead atoms. The van der Waals surface area contributed by atoms with E-state index in [0.717, 1.165) is 0 Å². The molecule has 4 heteroatoms. The molecule has 8 aromatic rings. The van der Waals surface area contributed by atoms with E-state index in [0.29, 0.717) is 0 Å². The number of hydrogen-bond donors (Lipinski definition) is 0. The molecule has 4 saturated heterocycles. The Labute approximate surface area is 373 Å². The van der Waals surface area contributed by atoms with Crippen LogP contribution in [0.2, 0.25) is 0 Å². The smallest absolute Gasteiger partial charge is 0.126 e. The Bertz CT molecular complexity index is 2730. The van der Waals surface area contributed by atoms with Crippen molar-refractivity contribution in [3.8, 4) is 0 Å². The summed E-state index contributed by atoms with van der Waals surface area (Å²) in [6.45, 7) is 0. The molecule has 12 atom stereocenters. The Morgan fingerprint density at radius 1 is 0.234 bits per heavy atom. The van der Waals surface area contributed by atoms with Gasteiger partial charge in [0.2, 0.25) is 0 Å². The van der Waals surface area contributed by atoms with Crippen molar-refractivity contribution in [2.75, 3.05) is 0 Å². The summed E-state index contributed by atoms with van der Waals surface area (Å²) in [4.78, 5) is 0. The van der Waals surface area contributed by atoms with E-state index < -0.39 is 22.4 Å². The van der Waals surface area contributed by atoms with Crippen molar-refractivity contribution in [3.05, 3.63) is 285 Å². The van der Waals surface area contributed by atoms with Crippen molar-refractivity contribution in [3.63, 3.8) is 0 Å². The molecule has 8 heterocycles. The zero-order chi connectivity index (χ0) is 41.8. The molecule has 16 rings (SSSR count). The minimum absolute atomic E-state index is 0.0420. The zero-order valence-electron chi connectivity index (χ0n) is 35.0. The molecule has 8 aromatic carbocycles. The average molecular weight is 829 g/mol. The molecule has 4 nitrogen and oxygen atoms in total. The summed E-state index contributed by atoms with van der Waals surface area (Å²) in [6, 6.07) is 78.6. The topological polar surface area (TPSA) is 36.9 Å². The third-order valence-corrected chi connectivity index (χ3v) is 16.7. The second kappa shape index (κ2) is 12.7. The lowest BCUT2D eigenvalue weighted by Crippen LogP contribution is -2.42. The van der Waals surface area contributed by atoms with Gasteiger partial charge in [0.25, 0.3) is 0 Å². The number of rotatable bonds is 4. The second-order valence-electron chi connectivity index (χ2n) is 19.0. The molecule has 0 unspecified atom stereocenters. The molecule has 0 aliphatic carbocycles. The van der Waals surface area contributed by atoms with Gasteiger partial charge in [-0.2, -0.15) is 0 Å². The first-order valence-corrected chi connectivity index (χ1v) is 23.0. The molecule has 0 radical (unpaired) electrons. The molecule has 0 amide bonds. The zero-order valence-corrected chi connectivity index (χ0v) is 35.0. The van der Waals surface area contributed by atoms with Crippen LogP contribution in [0.5, 0.6) is 0 Å². The Morgan fingerprint density at radius 3 is 0.672 bits per heavy atom. The first-order chi connectivity index (χ1) is 31.7. The predicted octanol–water partition coefficient (Wildman–Crippen LogP) is 12.6. The van der Waals surface area contributed by atoms with E-state index in [-0.39, 0.29) is 48.1 Å². The van der Waals surface area contributed by atoms with Gasteiger partial charge < -0.3 is 18.9 Å². The molecule has 0 aromatic heterocycles. The van der Waals surface area contributed by atoms with Crippen LogP contribution in [0, 0.1) is 23.7 Å². The lowest BCUT2D eigenvalue weighted by molar-refractivity contribution is -0.103. The van der Waals surface area contributed by atoms with Crippen molar-refractivity contribution in [1.82, 2.24) is 0 Å². The summed E-state index contributed by atoms with van der Waals surface area (Å²) in [6.07, 6.45) is 0.168.